The van der Waals surface area contributed by atoms with E-state index >= 15 is 0 Å². The van der Waals surface area contributed by atoms with Crippen LogP contribution < -0.4 is 10.1 Å². The number of rotatable bonds is 3. The number of hydrogen-bond acceptors (Lipinski definition) is 3. The zero-order chi connectivity index (χ0) is 13.9. The number of hydrogen-bond donors (Lipinski definition) is 1. The molecule has 0 spiro atoms. The summed E-state index contributed by atoms with van der Waals surface area (Å²) in [6.45, 7) is 2.08. The van der Waals surface area contributed by atoms with Gasteiger partial charge in [0.25, 0.3) is 0 Å². The van der Waals surface area contributed by atoms with Crippen molar-refractivity contribution in [1.29, 1.82) is 0 Å². The van der Waals surface area contributed by atoms with E-state index in [4.69, 9.17) is 4.74 Å². The van der Waals surface area contributed by atoms with Gasteiger partial charge in [-0.15, -0.1) is 0 Å². The predicted molar refractivity (Wildman–Crippen MR) is 86.7 cm³/mol. The maximum absolute atomic E-state index is 5.49. The molecule has 1 N–H and O–H groups in total. The average Bonchev–Trinajstić information content (AvgIpc) is 2.49. The SMILES string of the molecule is COc1cc(C)ccc1NC1CSCc2ccccc21. The fraction of sp³-hybridized carbons (Fsp3) is 0.294. The summed E-state index contributed by atoms with van der Waals surface area (Å²) < 4.78 is 5.49. The van der Waals surface area contributed by atoms with E-state index in [1.165, 1.54) is 16.7 Å². The highest BCUT2D eigenvalue weighted by atomic mass is 32.2. The van der Waals surface area contributed by atoms with Crippen molar-refractivity contribution in [1.82, 2.24) is 0 Å². The van der Waals surface area contributed by atoms with Crippen LogP contribution in [0, 0.1) is 6.92 Å². The van der Waals surface area contributed by atoms with E-state index in [9.17, 15) is 0 Å². The van der Waals surface area contributed by atoms with Gasteiger partial charge in [0.2, 0.25) is 0 Å². The molecule has 0 aromatic heterocycles. The molecule has 3 rings (SSSR count). The normalized spacial score (nSPS) is 17.4. The molecule has 0 radical (unpaired) electrons. The number of nitrogens with one attached hydrogen (secondary N) is 1. The molecule has 1 aliphatic heterocycles. The van der Waals surface area contributed by atoms with Crippen molar-refractivity contribution >= 4 is 17.4 Å². The van der Waals surface area contributed by atoms with Gasteiger partial charge >= 0.3 is 0 Å². The second-order valence-electron chi connectivity index (χ2n) is 5.11. The molecule has 0 bridgehead atoms. The molecule has 2 aromatic rings. The molecule has 104 valence electrons. The first kappa shape index (κ1) is 13.4. The van der Waals surface area contributed by atoms with Gasteiger partial charge in [0, 0.05) is 11.5 Å². The third-order valence-corrected chi connectivity index (χ3v) is 4.74. The third-order valence-electron chi connectivity index (χ3n) is 3.66. The number of thioether (sulfide) groups is 1. The first-order valence-corrected chi connectivity index (χ1v) is 8.00. The van der Waals surface area contributed by atoms with Crippen LogP contribution >= 0.6 is 11.8 Å². The van der Waals surface area contributed by atoms with Crippen LogP contribution in [0.2, 0.25) is 0 Å². The Morgan fingerprint density at radius 2 is 2.05 bits per heavy atom. The molecule has 0 aliphatic carbocycles. The van der Waals surface area contributed by atoms with Gasteiger partial charge in [-0.3, -0.25) is 0 Å². The molecular weight excluding hydrogens is 266 g/mol. The van der Waals surface area contributed by atoms with Gasteiger partial charge in [-0.2, -0.15) is 11.8 Å². The summed E-state index contributed by atoms with van der Waals surface area (Å²) in [7, 11) is 1.73. The van der Waals surface area contributed by atoms with Crippen LogP contribution in [0.4, 0.5) is 5.69 Å². The maximum Gasteiger partial charge on any atom is 0.142 e. The zero-order valence-electron chi connectivity index (χ0n) is 11.8. The van der Waals surface area contributed by atoms with Crippen LogP contribution in [0.15, 0.2) is 42.5 Å². The standard InChI is InChI=1S/C17H19NOS/c1-12-7-8-15(17(9-12)19-2)18-16-11-20-10-13-5-3-4-6-14(13)16/h3-9,16,18H,10-11H2,1-2H3. The summed E-state index contributed by atoms with van der Waals surface area (Å²) in [5.74, 6) is 3.12. The van der Waals surface area contributed by atoms with E-state index < -0.39 is 0 Å². The molecule has 0 saturated carbocycles. The molecule has 1 heterocycles. The van der Waals surface area contributed by atoms with Crippen molar-refractivity contribution in [3.8, 4) is 5.75 Å². The molecule has 3 heteroatoms. The van der Waals surface area contributed by atoms with Gasteiger partial charge in [-0.25, -0.2) is 0 Å². The number of fused-ring (bicyclic) bond motifs is 1. The van der Waals surface area contributed by atoms with Crippen LogP contribution in [0.25, 0.3) is 0 Å². The summed E-state index contributed by atoms with van der Waals surface area (Å²) in [5.41, 5.74) is 5.13. The van der Waals surface area contributed by atoms with Crippen molar-refractivity contribution in [2.24, 2.45) is 0 Å². The van der Waals surface area contributed by atoms with Gasteiger partial charge in [0.1, 0.15) is 5.75 Å². The van der Waals surface area contributed by atoms with E-state index in [-0.39, 0.29) is 0 Å². The zero-order valence-corrected chi connectivity index (χ0v) is 12.7. The summed E-state index contributed by atoms with van der Waals surface area (Å²) >= 11 is 1.98. The molecule has 0 amide bonds. The Balaban J connectivity index is 1.89. The summed E-state index contributed by atoms with van der Waals surface area (Å²) in [6, 6.07) is 15.3. The summed E-state index contributed by atoms with van der Waals surface area (Å²) in [6.07, 6.45) is 0. The van der Waals surface area contributed by atoms with Gasteiger partial charge < -0.3 is 10.1 Å². The highest BCUT2D eigenvalue weighted by Gasteiger charge is 2.20. The molecule has 2 nitrogen and oxygen atoms in total. The fourth-order valence-electron chi connectivity index (χ4n) is 2.61. The lowest BCUT2D eigenvalue weighted by atomic mass is 10.0. The van der Waals surface area contributed by atoms with Crippen molar-refractivity contribution in [2.75, 3.05) is 18.2 Å². The Hall–Kier alpha value is -1.61. The van der Waals surface area contributed by atoms with Crippen molar-refractivity contribution in [3.63, 3.8) is 0 Å². The second kappa shape index (κ2) is 5.80. The van der Waals surface area contributed by atoms with E-state index in [2.05, 4.69) is 54.7 Å². The van der Waals surface area contributed by atoms with Gasteiger partial charge in [0.15, 0.2) is 0 Å². The van der Waals surface area contributed by atoms with Crippen LogP contribution in [0.1, 0.15) is 22.7 Å². The molecular formula is C17H19NOS. The Kier molecular flexibility index (Phi) is 3.88. The Morgan fingerprint density at radius 3 is 2.90 bits per heavy atom. The first-order chi connectivity index (χ1) is 9.78. The molecule has 20 heavy (non-hydrogen) atoms. The molecule has 0 fully saturated rings. The van der Waals surface area contributed by atoms with Crippen LogP contribution in [-0.4, -0.2) is 12.9 Å². The van der Waals surface area contributed by atoms with Gasteiger partial charge in [-0.05, 0) is 35.7 Å². The minimum Gasteiger partial charge on any atom is -0.495 e. The minimum atomic E-state index is 0.349. The van der Waals surface area contributed by atoms with Crippen LogP contribution in [-0.2, 0) is 5.75 Å². The van der Waals surface area contributed by atoms with Crippen LogP contribution in [0.3, 0.4) is 0 Å². The lowest BCUT2D eigenvalue weighted by Gasteiger charge is -2.27. The number of aryl methyl sites for hydroxylation is 1. The number of anilines is 1. The van der Waals surface area contributed by atoms with Crippen molar-refractivity contribution < 1.29 is 4.74 Å². The smallest absolute Gasteiger partial charge is 0.142 e. The van der Waals surface area contributed by atoms with E-state index in [1.54, 1.807) is 7.11 Å². The van der Waals surface area contributed by atoms with Crippen molar-refractivity contribution in [2.45, 2.75) is 18.7 Å². The molecule has 1 atom stereocenters. The lowest BCUT2D eigenvalue weighted by Crippen LogP contribution is -2.19. The largest absolute Gasteiger partial charge is 0.495 e. The number of benzene rings is 2. The number of methoxy groups -OCH3 is 1. The van der Waals surface area contributed by atoms with Gasteiger partial charge in [0.05, 0.1) is 18.8 Å². The summed E-state index contributed by atoms with van der Waals surface area (Å²) in [5, 5.41) is 3.64. The van der Waals surface area contributed by atoms with E-state index in [0.717, 1.165) is 22.9 Å². The molecule has 1 aliphatic rings. The quantitative estimate of drug-likeness (QED) is 0.903. The first-order valence-electron chi connectivity index (χ1n) is 6.84. The molecule has 0 saturated heterocycles. The Labute approximate surface area is 124 Å². The average molecular weight is 285 g/mol. The third kappa shape index (κ3) is 2.63. The Morgan fingerprint density at radius 1 is 1.20 bits per heavy atom. The predicted octanol–water partition coefficient (Wildman–Crippen LogP) is 4.40. The van der Waals surface area contributed by atoms with Crippen molar-refractivity contribution in [3.05, 3.63) is 59.2 Å². The lowest BCUT2D eigenvalue weighted by molar-refractivity contribution is 0.416. The topological polar surface area (TPSA) is 21.3 Å². The number of ether oxygens (including phenoxy) is 1. The second-order valence-corrected chi connectivity index (χ2v) is 6.14. The Bertz CT molecular complexity index is 612. The van der Waals surface area contributed by atoms with E-state index in [0.29, 0.717) is 6.04 Å². The highest BCUT2D eigenvalue weighted by molar-refractivity contribution is 7.98. The molecule has 2 aromatic carbocycles. The maximum atomic E-state index is 5.49. The summed E-state index contributed by atoms with van der Waals surface area (Å²) in [4.78, 5) is 0. The minimum absolute atomic E-state index is 0.349. The highest BCUT2D eigenvalue weighted by Crippen LogP contribution is 2.36. The van der Waals surface area contributed by atoms with Crippen LogP contribution in [0.5, 0.6) is 5.75 Å². The van der Waals surface area contributed by atoms with Gasteiger partial charge in [-0.1, -0.05) is 30.3 Å². The van der Waals surface area contributed by atoms with E-state index in [1.807, 2.05) is 11.8 Å². The fourth-order valence-corrected chi connectivity index (χ4v) is 3.71. The molecule has 1 unspecified atom stereocenters. The monoisotopic (exact) mass is 285 g/mol.